The molecule has 0 radical (unpaired) electrons. The highest BCUT2D eigenvalue weighted by molar-refractivity contribution is 7.99. The van der Waals surface area contributed by atoms with Gasteiger partial charge in [-0.05, 0) is 31.0 Å². The largest absolute Gasteiger partial charge is 0.481 e. The Balaban J connectivity index is 2.29. The molecule has 0 aliphatic rings. The van der Waals surface area contributed by atoms with Gasteiger partial charge < -0.3 is 9.67 Å². The molecule has 0 aliphatic carbocycles. The standard InChI is InChI=1S/C14H18N2O3S2/c1-10-4-5-12-11(8-10)15-14(20-9-13(17)18)16(12)6-3-7-21(2)19/h4-5,8H,3,6-7,9H2,1-2H3,(H,17,18). The van der Waals surface area contributed by atoms with Crippen LogP contribution in [0.1, 0.15) is 12.0 Å². The summed E-state index contributed by atoms with van der Waals surface area (Å²) in [6.45, 7) is 2.70. The van der Waals surface area contributed by atoms with Gasteiger partial charge in [0.2, 0.25) is 0 Å². The van der Waals surface area contributed by atoms with E-state index in [1.807, 2.05) is 29.7 Å². The topological polar surface area (TPSA) is 72.2 Å². The van der Waals surface area contributed by atoms with Crippen molar-refractivity contribution in [3.8, 4) is 0 Å². The van der Waals surface area contributed by atoms with Gasteiger partial charge in [-0.2, -0.15) is 0 Å². The fourth-order valence-corrected chi connectivity index (χ4v) is 3.39. The second kappa shape index (κ2) is 7.09. The zero-order valence-electron chi connectivity index (χ0n) is 12.0. The first-order chi connectivity index (χ1) is 9.97. The molecular weight excluding hydrogens is 308 g/mol. The van der Waals surface area contributed by atoms with Crippen LogP contribution in [0, 0.1) is 6.92 Å². The first-order valence-electron chi connectivity index (χ1n) is 6.59. The van der Waals surface area contributed by atoms with Crippen molar-refractivity contribution < 1.29 is 14.1 Å². The second-order valence-electron chi connectivity index (χ2n) is 4.85. The van der Waals surface area contributed by atoms with Crippen LogP contribution in [0.4, 0.5) is 0 Å². The van der Waals surface area contributed by atoms with Gasteiger partial charge in [0.05, 0.1) is 16.8 Å². The molecule has 1 heterocycles. The normalized spacial score (nSPS) is 12.7. The number of imidazole rings is 1. The van der Waals surface area contributed by atoms with Gasteiger partial charge >= 0.3 is 5.97 Å². The second-order valence-corrected chi connectivity index (χ2v) is 7.35. The summed E-state index contributed by atoms with van der Waals surface area (Å²) in [5.74, 6) is -0.235. The molecule has 1 aromatic carbocycles. The van der Waals surface area contributed by atoms with Crippen molar-refractivity contribution in [3.63, 3.8) is 0 Å². The maximum atomic E-state index is 11.2. The summed E-state index contributed by atoms with van der Waals surface area (Å²) in [4.78, 5) is 15.3. The van der Waals surface area contributed by atoms with E-state index >= 15 is 0 Å². The number of carboxylic acid groups (broad SMARTS) is 1. The fourth-order valence-electron chi connectivity index (χ4n) is 2.10. The third kappa shape index (κ3) is 4.31. The predicted molar refractivity (Wildman–Crippen MR) is 86.4 cm³/mol. The van der Waals surface area contributed by atoms with E-state index < -0.39 is 16.8 Å². The molecule has 21 heavy (non-hydrogen) atoms. The van der Waals surface area contributed by atoms with Crippen molar-refractivity contribution in [1.29, 1.82) is 0 Å². The highest BCUT2D eigenvalue weighted by atomic mass is 32.2. The maximum absolute atomic E-state index is 11.2. The summed E-state index contributed by atoms with van der Waals surface area (Å²) in [5, 5.41) is 9.54. The van der Waals surface area contributed by atoms with E-state index in [9.17, 15) is 9.00 Å². The summed E-state index contributed by atoms with van der Waals surface area (Å²) < 4.78 is 13.2. The Bertz CT molecular complexity index is 682. The van der Waals surface area contributed by atoms with E-state index in [0.29, 0.717) is 17.5 Å². The van der Waals surface area contributed by atoms with Gasteiger partial charge in [0, 0.05) is 29.4 Å². The number of rotatable bonds is 7. The van der Waals surface area contributed by atoms with Crippen LogP contribution in [0.15, 0.2) is 23.4 Å². The highest BCUT2D eigenvalue weighted by Gasteiger charge is 2.12. The molecule has 0 saturated heterocycles. The van der Waals surface area contributed by atoms with Crippen LogP contribution in [0.3, 0.4) is 0 Å². The lowest BCUT2D eigenvalue weighted by Gasteiger charge is -2.07. The lowest BCUT2D eigenvalue weighted by Crippen LogP contribution is -2.06. The first kappa shape index (κ1) is 16.0. The van der Waals surface area contributed by atoms with Crippen molar-refractivity contribution in [2.75, 3.05) is 17.8 Å². The molecule has 0 fully saturated rings. The predicted octanol–water partition coefficient (Wildman–Crippen LogP) is 2.29. The summed E-state index contributed by atoms with van der Waals surface area (Å²) in [6.07, 6.45) is 2.47. The SMILES string of the molecule is Cc1ccc2c(c1)nc(SCC(=O)O)n2CCCS(C)=O. The lowest BCUT2D eigenvalue weighted by molar-refractivity contribution is -0.133. The lowest BCUT2D eigenvalue weighted by atomic mass is 10.2. The zero-order valence-corrected chi connectivity index (χ0v) is 13.7. The Kier molecular flexibility index (Phi) is 5.41. The van der Waals surface area contributed by atoms with Crippen LogP contribution in [0.5, 0.6) is 0 Å². The van der Waals surface area contributed by atoms with Crippen LogP contribution >= 0.6 is 11.8 Å². The number of fused-ring (bicyclic) bond motifs is 1. The molecule has 7 heteroatoms. The monoisotopic (exact) mass is 326 g/mol. The average Bonchev–Trinajstić information content (AvgIpc) is 2.73. The highest BCUT2D eigenvalue weighted by Crippen LogP contribution is 2.25. The van der Waals surface area contributed by atoms with E-state index in [-0.39, 0.29) is 5.75 Å². The van der Waals surface area contributed by atoms with Crippen LogP contribution in [-0.4, -0.2) is 42.6 Å². The molecule has 5 nitrogen and oxygen atoms in total. The molecule has 1 N–H and O–H groups in total. The third-order valence-electron chi connectivity index (χ3n) is 3.01. The van der Waals surface area contributed by atoms with Crippen LogP contribution in [0.2, 0.25) is 0 Å². The fraction of sp³-hybridized carbons (Fsp3) is 0.429. The number of nitrogens with zero attached hydrogens (tertiary/aromatic N) is 2. The van der Waals surface area contributed by atoms with Crippen LogP contribution in [0.25, 0.3) is 11.0 Å². The van der Waals surface area contributed by atoms with E-state index in [4.69, 9.17) is 5.11 Å². The smallest absolute Gasteiger partial charge is 0.313 e. The Hall–Kier alpha value is -1.34. The van der Waals surface area contributed by atoms with Crippen molar-refractivity contribution in [3.05, 3.63) is 23.8 Å². The third-order valence-corrected chi connectivity index (χ3v) is 4.83. The minimum absolute atomic E-state index is 0.0119. The average molecular weight is 326 g/mol. The Morgan fingerprint density at radius 2 is 2.24 bits per heavy atom. The van der Waals surface area contributed by atoms with Crippen molar-refractivity contribution >= 4 is 39.6 Å². The molecular formula is C14H18N2O3S2. The van der Waals surface area contributed by atoms with Gasteiger partial charge in [-0.3, -0.25) is 9.00 Å². The number of aliphatic carboxylic acids is 1. The van der Waals surface area contributed by atoms with Crippen molar-refractivity contribution in [2.45, 2.75) is 25.0 Å². The molecule has 0 bridgehead atoms. The summed E-state index contributed by atoms with van der Waals surface area (Å²) in [6, 6.07) is 6.02. The summed E-state index contributed by atoms with van der Waals surface area (Å²) >= 11 is 1.22. The Morgan fingerprint density at radius 1 is 1.48 bits per heavy atom. The summed E-state index contributed by atoms with van der Waals surface area (Å²) in [7, 11) is -0.817. The van der Waals surface area contributed by atoms with Crippen molar-refractivity contribution in [1.82, 2.24) is 9.55 Å². The number of carboxylic acids is 1. The van der Waals surface area contributed by atoms with Crippen molar-refractivity contribution in [2.24, 2.45) is 0 Å². The number of aromatic nitrogens is 2. The van der Waals surface area contributed by atoms with Crippen LogP contribution < -0.4 is 0 Å². The van der Waals surface area contributed by atoms with Gasteiger partial charge in [-0.25, -0.2) is 4.98 Å². The molecule has 1 aromatic heterocycles. The number of hydrogen-bond donors (Lipinski definition) is 1. The molecule has 1 atom stereocenters. The van der Waals surface area contributed by atoms with Gasteiger partial charge in [0.25, 0.3) is 0 Å². The molecule has 114 valence electrons. The van der Waals surface area contributed by atoms with Gasteiger partial charge in [-0.15, -0.1) is 0 Å². The maximum Gasteiger partial charge on any atom is 0.313 e. The first-order valence-corrected chi connectivity index (χ1v) is 9.30. The molecule has 0 saturated carbocycles. The van der Waals surface area contributed by atoms with E-state index in [1.54, 1.807) is 6.26 Å². The van der Waals surface area contributed by atoms with E-state index in [2.05, 4.69) is 4.98 Å². The molecule has 2 aromatic rings. The number of aryl methyl sites for hydroxylation is 2. The number of hydrogen-bond acceptors (Lipinski definition) is 4. The van der Waals surface area contributed by atoms with Gasteiger partial charge in [0.1, 0.15) is 0 Å². The Labute approximate surface area is 130 Å². The zero-order chi connectivity index (χ0) is 15.4. The molecule has 0 spiro atoms. The van der Waals surface area contributed by atoms with Gasteiger partial charge in [0.15, 0.2) is 5.16 Å². The molecule has 0 aliphatic heterocycles. The quantitative estimate of drug-likeness (QED) is 0.790. The van der Waals surface area contributed by atoms with E-state index in [1.165, 1.54) is 11.8 Å². The number of thioether (sulfide) groups is 1. The minimum Gasteiger partial charge on any atom is -0.481 e. The molecule has 0 amide bonds. The number of carbonyl (C=O) groups is 1. The number of benzene rings is 1. The van der Waals surface area contributed by atoms with Crippen LogP contribution in [-0.2, 0) is 22.1 Å². The Morgan fingerprint density at radius 3 is 2.90 bits per heavy atom. The molecule has 1 unspecified atom stereocenters. The van der Waals surface area contributed by atoms with Gasteiger partial charge in [-0.1, -0.05) is 17.8 Å². The molecule has 2 rings (SSSR count). The van der Waals surface area contributed by atoms with E-state index in [0.717, 1.165) is 23.0 Å². The summed E-state index contributed by atoms with van der Waals surface area (Å²) in [5.41, 5.74) is 2.99. The minimum atomic E-state index is -0.857.